The number of amides is 4. The van der Waals surface area contributed by atoms with Gasteiger partial charge in [-0.05, 0) is 139 Å². The van der Waals surface area contributed by atoms with Gasteiger partial charge >= 0.3 is 5.51 Å². The molecule has 6 heterocycles. The predicted octanol–water partition coefficient (Wildman–Crippen LogP) is 9.98. The number of carbonyl (C=O) groups is 4. The van der Waals surface area contributed by atoms with Crippen molar-refractivity contribution < 1.29 is 49.2 Å². The van der Waals surface area contributed by atoms with Crippen molar-refractivity contribution in [3.8, 4) is 0 Å². The van der Waals surface area contributed by atoms with E-state index in [1.54, 1.807) is 18.2 Å². The van der Waals surface area contributed by atoms with Crippen LogP contribution in [0.25, 0.3) is 5.57 Å². The van der Waals surface area contributed by atoms with Crippen molar-refractivity contribution in [1.82, 2.24) is 29.6 Å². The Hall–Kier alpha value is -5.79. The quantitative estimate of drug-likeness (QED) is 0.0523. The Bertz CT molecular complexity index is 3690. The lowest BCUT2D eigenvalue weighted by Crippen LogP contribution is -2.68. The first-order valence-corrected chi connectivity index (χ1v) is 34.0. The normalized spacial score (nSPS) is 21.7. The molecule has 3 N–H and O–H groups in total. The highest BCUT2D eigenvalue weighted by Crippen LogP contribution is 2.44. The third-order valence-electron chi connectivity index (χ3n) is 17.6. The second-order valence-corrected chi connectivity index (χ2v) is 29.9. The fraction of sp³-hybridized carbons (Fsp3) is 0.419. The average Bonchev–Trinajstić information content (AvgIpc) is 3.48. The molecule has 456 valence electrons. The largest absolute Gasteiger partial charge is 0.501 e. The number of piperidine rings is 2. The minimum Gasteiger partial charge on any atom is -0.380 e. The maximum Gasteiger partial charge on any atom is 0.501 e. The van der Waals surface area contributed by atoms with Crippen LogP contribution in [-0.4, -0.2) is 148 Å². The van der Waals surface area contributed by atoms with E-state index in [2.05, 4.69) is 72.1 Å². The molecule has 0 radical (unpaired) electrons. The van der Waals surface area contributed by atoms with Crippen molar-refractivity contribution in [1.29, 1.82) is 0 Å². The summed E-state index contributed by atoms with van der Waals surface area (Å²) in [5.74, 6) is -1.82. The number of anilines is 2. The molecule has 7 aliphatic rings. The number of sulfonamides is 1. The molecule has 4 atom stereocenters. The molecule has 6 aliphatic heterocycles. The highest BCUT2D eigenvalue weighted by Gasteiger charge is 2.49. The molecule has 3 unspecified atom stereocenters. The first kappa shape index (κ1) is 61.8. The number of piperazine rings is 2. The molecule has 5 aromatic rings. The van der Waals surface area contributed by atoms with E-state index >= 15 is 0 Å². The van der Waals surface area contributed by atoms with Crippen LogP contribution in [0.2, 0.25) is 5.02 Å². The van der Waals surface area contributed by atoms with Crippen LogP contribution >= 0.6 is 39.3 Å². The lowest BCUT2D eigenvalue weighted by atomic mass is 9.73. The monoisotopic (exact) mass is 1320 g/mol. The fourth-order valence-corrected chi connectivity index (χ4v) is 16.6. The minimum atomic E-state index is -6.15. The molecule has 5 saturated heterocycles. The van der Waals surface area contributed by atoms with Gasteiger partial charge in [0.2, 0.25) is 11.8 Å². The Morgan fingerprint density at radius 1 is 0.860 bits per heavy atom. The number of rotatable bonds is 19. The standard InChI is InChI=1S/C62H67BrClF3N8O8S3/c1-61(2)24-22-50(39-8-13-43(64)14-9-39)42(32-61)33-71-26-28-73(29-27-71)45-15-10-40(11-16-45)58(77)70-86(82,83)49-17-19-53(55(31-49)85(80,81)62(65,66)67)68-44(38-84-48-6-4-3-5-7-48)23-25-72-35-46-30-47(36-72)74(46)34-41-12-18-51-52(57(41)63)37-75(60(51)79)54-20-21-56(76)69-59(54)78/h3-19,31,44,46-47,54,68H,20-30,32-38H2,1-2H3,(H,70,77)(H,69,76,78)/t44-,46?,47?,54?/m1/s1. The summed E-state index contributed by atoms with van der Waals surface area (Å²) in [4.78, 5) is 61.1. The Kier molecular flexibility index (Phi) is 18.0. The molecule has 0 aromatic heterocycles. The van der Waals surface area contributed by atoms with Gasteiger partial charge in [0.05, 0.1) is 10.6 Å². The van der Waals surface area contributed by atoms with Gasteiger partial charge in [0.1, 0.15) is 10.9 Å². The van der Waals surface area contributed by atoms with Crippen molar-refractivity contribution in [2.45, 2.75) is 116 Å². The van der Waals surface area contributed by atoms with Gasteiger partial charge in [-0.15, -0.1) is 11.8 Å². The summed E-state index contributed by atoms with van der Waals surface area (Å²) in [5.41, 5.74) is 1.09. The van der Waals surface area contributed by atoms with Crippen LogP contribution in [0.5, 0.6) is 0 Å². The van der Waals surface area contributed by atoms with E-state index in [-0.39, 0.29) is 54.3 Å². The zero-order chi connectivity index (χ0) is 60.9. The lowest BCUT2D eigenvalue weighted by Gasteiger charge is -2.56. The zero-order valence-electron chi connectivity index (χ0n) is 47.5. The third-order valence-corrected chi connectivity index (χ3v) is 22.8. The molecule has 24 heteroatoms. The Morgan fingerprint density at radius 3 is 2.26 bits per heavy atom. The topological polar surface area (TPSA) is 189 Å². The molecule has 12 rings (SSSR count). The maximum atomic E-state index is 14.6. The van der Waals surface area contributed by atoms with E-state index in [0.717, 1.165) is 83.6 Å². The van der Waals surface area contributed by atoms with Crippen molar-refractivity contribution in [2.24, 2.45) is 5.41 Å². The number of allylic oxidation sites excluding steroid dienone is 1. The Labute approximate surface area is 517 Å². The summed E-state index contributed by atoms with van der Waals surface area (Å²) in [6.07, 6.45) is 4.87. The number of hydrogen-bond acceptors (Lipinski definition) is 14. The molecule has 2 bridgehead atoms. The highest BCUT2D eigenvalue weighted by molar-refractivity contribution is 9.10. The lowest BCUT2D eigenvalue weighted by molar-refractivity contribution is -0.136. The number of carbonyl (C=O) groups excluding carboxylic acids is 4. The molecule has 1 aliphatic carbocycles. The van der Waals surface area contributed by atoms with Crippen molar-refractivity contribution in [3.05, 3.63) is 152 Å². The molecule has 0 spiro atoms. The first-order chi connectivity index (χ1) is 40.9. The van der Waals surface area contributed by atoms with Gasteiger partial charge in [-0.25, -0.2) is 21.6 Å². The van der Waals surface area contributed by atoms with Crippen LogP contribution in [0.1, 0.15) is 96.2 Å². The summed E-state index contributed by atoms with van der Waals surface area (Å²) in [6, 6.07) is 29.0. The second-order valence-electron chi connectivity index (χ2n) is 24.0. The molecule has 16 nitrogen and oxygen atoms in total. The van der Waals surface area contributed by atoms with Gasteiger partial charge in [-0.3, -0.25) is 34.3 Å². The molecular formula is C62H67BrClF3N8O8S3. The maximum absolute atomic E-state index is 14.6. The van der Waals surface area contributed by atoms with E-state index in [9.17, 15) is 49.2 Å². The van der Waals surface area contributed by atoms with E-state index in [4.69, 9.17) is 11.6 Å². The van der Waals surface area contributed by atoms with Crippen LogP contribution in [0.15, 0.2) is 134 Å². The van der Waals surface area contributed by atoms with Crippen LogP contribution in [0, 0.1) is 5.41 Å². The summed E-state index contributed by atoms with van der Waals surface area (Å²) < 4.78 is 101. The number of halogens is 5. The highest BCUT2D eigenvalue weighted by atomic mass is 79.9. The number of benzene rings is 5. The van der Waals surface area contributed by atoms with Gasteiger partial charge < -0.3 is 20.0 Å². The fourth-order valence-electron chi connectivity index (χ4n) is 12.9. The number of alkyl halides is 3. The van der Waals surface area contributed by atoms with E-state index < -0.39 is 64.7 Å². The zero-order valence-corrected chi connectivity index (χ0v) is 52.3. The summed E-state index contributed by atoms with van der Waals surface area (Å²) >= 11 is 11.4. The van der Waals surface area contributed by atoms with E-state index in [0.29, 0.717) is 68.1 Å². The molecule has 5 aromatic carbocycles. The van der Waals surface area contributed by atoms with Crippen LogP contribution < -0.4 is 20.3 Å². The SMILES string of the molecule is CC1(C)CCC(c2ccc(Cl)cc2)=C(CN2CCN(c3ccc(C(=O)NS(=O)(=O)c4ccc(N[C@H](CCN5CC6CC(C5)N6Cc5ccc6c(c5Br)CN(C5CCC(=O)NC5=O)C6=O)CSc5ccccc5)c(S(=O)(=O)C(F)(F)F)c4)cc3)CC2)C1. The van der Waals surface area contributed by atoms with Crippen LogP contribution in [0.4, 0.5) is 24.5 Å². The van der Waals surface area contributed by atoms with Crippen molar-refractivity contribution in [2.75, 3.05) is 68.3 Å². The number of fused-ring (bicyclic) bond motifs is 3. The van der Waals surface area contributed by atoms with Gasteiger partial charge in [0, 0.05) is 127 Å². The molecule has 86 heavy (non-hydrogen) atoms. The molecule has 5 fully saturated rings. The van der Waals surface area contributed by atoms with Gasteiger partial charge in [0.15, 0.2) is 0 Å². The van der Waals surface area contributed by atoms with Crippen LogP contribution in [-0.2, 0) is 42.5 Å². The van der Waals surface area contributed by atoms with E-state index in [1.165, 1.54) is 45.5 Å². The summed E-state index contributed by atoms with van der Waals surface area (Å²) in [6.45, 7) is 11.2. The van der Waals surface area contributed by atoms with Gasteiger partial charge in [-0.1, -0.05) is 83.3 Å². The molecule has 0 saturated carbocycles. The number of thioether (sulfide) groups is 1. The minimum absolute atomic E-state index is 0.0241. The number of nitrogens with zero attached hydrogens (tertiary/aromatic N) is 5. The number of nitrogens with one attached hydrogen (secondary N) is 3. The average molecular weight is 1320 g/mol. The second kappa shape index (κ2) is 25.0. The third kappa shape index (κ3) is 13.4. The number of hydrogen-bond donors (Lipinski definition) is 3. The van der Waals surface area contributed by atoms with Gasteiger partial charge in [-0.2, -0.15) is 13.2 Å². The van der Waals surface area contributed by atoms with Crippen LogP contribution in [0.3, 0.4) is 0 Å². The summed E-state index contributed by atoms with van der Waals surface area (Å²) in [7, 11) is -11.1. The number of imide groups is 1. The predicted molar refractivity (Wildman–Crippen MR) is 329 cm³/mol. The van der Waals surface area contributed by atoms with Gasteiger partial charge in [0.25, 0.3) is 31.7 Å². The first-order valence-electron chi connectivity index (χ1n) is 28.8. The van der Waals surface area contributed by atoms with E-state index in [1.807, 2.05) is 53.3 Å². The van der Waals surface area contributed by atoms with Crippen molar-refractivity contribution >= 4 is 99.7 Å². The number of sulfone groups is 1. The molecular weight excluding hydrogens is 1250 g/mol. The Balaban J connectivity index is 0.729. The molecule has 4 amide bonds. The Morgan fingerprint density at radius 2 is 1.57 bits per heavy atom. The smallest absolute Gasteiger partial charge is 0.380 e. The van der Waals surface area contributed by atoms with Crippen molar-refractivity contribution in [3.63, 3.8) is 0 Å². The summed E-state index contributed by atoms with van der Waals surface area (Å²) in [5, 5.41) is 6.11.